The van der Waals surface area contributed by atoms with E-state index in [1.54, 1.807) is 55.5 Å². The van der Waals surface area contributed by atoms with E-state index in [9.17, 15) is 45.6 Å². The van der Waals surface area contributed by atoms with Crippen molar-refractivity contribution in [2.24, 2.45) is 17.8 Å². The Hall–Kier alpha value is -2.19. The van der Waals surface area contributed by atoms with Crippen LogP contribution in [-0.2, 0) is 14.3 Å². The lowest BCUT2D eigenvalue weighted by Crippen LogP contribution is -2.34. The van der Waals surface area contributed by atoms with Crippen LogP contribution in [0.4, 0.5) is 0 Å². The zero-order chi connectivity index (χ0) is 35.1. The highest BCUT2D eigenvalue weighted by Gasteiger charge is 2.38. The van der Waals surface area contributed by atoms with Crippen molar-refractivity contribution >= 4 is 5.97 Å². The second kappa shape index (κ2) is 21.0. The summed E-state index contributed by atoms with van der Waals surface area (Å²) in [5, 5.41) is 83.8. The van der Waals surface area contributed by atoms with Gasteiger partial charge in [-0.15, -0.1) is 0 Å². The molecule has 8 N–H and O–H groups in total. The summed E-state index contributed by atoms with van der Waals surface area (Å²) in [5.41, 5.74) is 0. The van der Waals surface area contributed by atoms with Crippen molar-refractivity contribution in [1.82, 2.24) is 0 Å². The molecule has 268 valence electrons. The minimum Gasteiger partial charge on any atom is -0.458 e. The quantitative estimate of drug-likeness (QED) is 0.151. The predicted molar refractivity (Wildman–Crippen MR) is 178 cm³/mol. The van der Waals surface area contributed by atoms with Gasteiger partial charge in [-0.25, -0.2) is 4.79 Å². The number of rotatable bonds is 1. The van der Waals surface area contributed by atoms with Crippen LogP contribution >= 0.6 is 0 Å². The molecule has 0 aromatic rings. The van der Waals surface area contributed by atoms with Crippen LogP contribution in [0.15, 0.2) is 60.8 Å². The van der Waals surface area contributed by atoms with Crippen molar-refractivity contribution in [3.8, 4) is 0 Å². The maximum absolute atomic E-state index is 12.5. The summed E-state index contributed by atoms with van der Waals surface area (Å²) in [7, 11) is 0. The fraction of sp³-hybridized carbons (Fsp3) is 0.694. The van der Waals surface area contributed by atoms with Crippen LogP contribution in [0, 0.1) is 17.8 Å². The number of cyclic esters (lactones) is 1. The minimum atomic E-state index is -1.10. The van der Waals surface area contributed by atoms with Crippen LogP contribution in [0.3, 0.4) is 0 Å². The van der Waals surface area contributed by atoms with E-state index in [1.165, 1.54) is 12.2 Å². The molecule has 0 spiro atoms. The molecule has 0 unspecified atom stereocenters. The van der Waals surface area contributed by atoms with Gasteiger partial charge < -0.3 is 50.3 Å². The Balaban J connectivity index is 2.14. The summed E-state index contributed by atoms with van der Waals surface area (Å²) in [6.45, 7) is 7.48. The van der Waals surface area contributed by atoms with Gasteiger partial charge in [-0.2, -0.15) is 0 Å². The monoisotopic (exact) mass is 666 g/mol. The third-order valence-electron chi connectivity index (χ3n) is 8.74. The van der Waals surface area contributed by atoms with Crippen LogP contribution in [0.2, 0.25) is 0 Å². The Morgan fingerprint density at radius 1 is 0.617 bits per heavy atom. The number of hydrogen-bond acceptors (Lipinski definition) is 11. The fourth-order valence-electron chi connectivity index (χ4n) is 6.07. The van der Waals surface area contributed by atoms with Crippen molar-refractivity contribution in [3.63, 3.8) is 0 Å². The van der Waals surface area contributed by atoms with Crippen LogP contribution in [0.5, 0.6) is 0 Å². The van der Waals surface area contributed by atoms with E-state index in [4.69, 9.17) is 9.47 Å². The highest BCUT2D eigenvalue weighted by molar-refractivity contribution is 5.82. The van der Waals surface area contributed by atoms with E-state index in [1.807, 2.05) is 20.8 Å². The third kappa shape index (κ3) is 15.7. The van der Waals surface area contributed by atoms with Crippen molar-refractivity contribution in [3.05, 3.63) is 60.8 Å². The lowest BCUT2D eigenvalue weighted by atomic mass is 9.90. The van der Waals surface area contributed by atoms with Gasteiger partial charge in [0.25, 0.3) is 0 Å². The number of carbonyl (C=O) groups excluding carboxylic acids is 1. The number of aliphatic hydroxyl groups excluding tert-OH is 8. The SMILES string of the molecule is CC(C)[C@@H]1OC(=O)C=CC=CC=CC=C[C@H]2O[C@@H](C[C@H]2O)[C@H](C)[C@H](O)C[C@H](O)C[C@H](O)C[C@@H](O)C[C@H](O)C[C@@H](O)C[C@@H](O)C=C[C@@H]1C. The molecule has 1 fully saturated rings. The first-order chi connectivity index (χ1) is 22.2. The van der Waals surface area contributed by atoms with Crippen LogP contribution in [-0.4, -0.2) is 114 Å². The van der Waals surface area contributed by atoms with E-state index >= 15 is 0 Å². The molecule has 11 nitrogen and oxygen atoms in total. The molecule has 1 saturated heterocycles. The smallest absolute Gasteiger partial charge is 0.331 e. The predicted octanol–water partition coefficient (Wildman–Crippen LogP) is 2.01. The first-order valence-electron chi connectivity index (χ1n) is 16.8. The van der Waals surface area contributed by atoms with E-state index in [2.05, 4.69) is 0 Å². The Labute approximate surface area is 279 Å². The van der Waals surface area contributed by atoms with Gasteiger partial charge >= 0.3 is 5.97 Å². The van der Waals surface area contributed by atoms with Gasteiger partial charge in [0.1, 0.15) is 12.2 Å². The Bertz CT molecular complexity index is 1050. The number of carbonyl (C=O) groups is 1. The van der Waals surface area contributed by atoms with Crippen LogP contribution in [0.25, 0.3) is 0 Å². The molecule has 0 amide bonds. The molecule has 2 aliphatic heterocycles. The number of hydrogen-bond donors (Lipinski definition) is 8. The topological polar surface area (TPSA) is 197 Å². The summed E-state index contributed by atoms with van der Waals surface area (Å²) >= 11 is 0. The Morgan fingerprint density at radius 3 is 1.70 bits per heavy atom. The molecule has 0 aromatic heterocycles. The van der Waals surface area contributed by atoms with Gasteiger partial charge in [0, 0.05) is 30.8 Å². The summed E-state index contributed by atoms with van der Waals surface area (Å²) in [6, 6.07) is 0. The number of aliphatic hydroxyl groups is 8. The number of fused-ring (bicyclic) bond motifs is 2. The first kappa shape index (κ1) is 41.0. The molecule has 11 heteroatoms. The molecule has 2 rings (SSSR count). The molecule has 2 aliphatic rings. The van der Waals surface area contributed by atoms with Crippen LogP contribution in [0.1, 0.15) is 72.6 Å². The largest absolute Gasteiger partial charge is 0.458 e. The Kier molecular flexibility index (Phi) is 18.3. The van der Waals surface area contributed by atoms with E-state index in [-0.39, 0.29) is 50.4 Å². The van der Waals surface area contributed by atoms with Gasteiger partial charge in [0.2, 0.25) is 0 Å². The minimum absolute atomic E-state index is 0.00679. The number of esters is 1. The standard InChI is InChI=1S/C36H58O11/c1-22(2)36-23(3)13-14-25(37)15-26(38)16-27(39)17-28(40)18-29(41)19-30(42)20-31(43)24(4)34-21-32(44)33(46-34)11-9-7-5-6-8-10-12-35(45)47-36/h5-14,22-34,36-44H,15-21H2,1-4H3/t23-,24+,25-,26-,27+,28-,29+,30+,31+,32+,33+,34-,36-/m0/s1. The highest BCUT2D eigenvalue weighted by Crippen LogP contribution is 2.30. The summed E-state index contributed by atoms with van der Waals surface area (Å²) in [5.74, 6) is -1.16. The van der Waals surface area contributed by atoms with Crippen LogP contribution < -0.4 is 0 Å². The molecule has 2 bridgehead atoms. The molecular weight excluding hydrogens is 608 g/mol. The summed E-state index contributed by atoms with van der Waals surface area (Å²) in [4.78, 5) is 12.5. The number of allylic oxidation sites excluding steroid dienone is 6. The maximum Gasteiger partial charge on any atom is 0.331 e. The van der Waals surface area contributed by atoms with Crippen molar-refractivity contribution in [2.75, 3.05) is 0 Å². The maximum atomic E-state index is 12.5. The molecular formula is C36H58O11. The van der Waals surface area contributed by atoms with Gasteiger partial charge in [-0.3, -0.25) is 0 Å². The third-order valence-corrected chi connectivity index (χ3v) is 8.74. The van der Waals surface area contributed by atoms with E-state index in [0.717, 1.165) is 0 Å². The molecule has 0 aliphatic carbocycles. The van der Waals surface area contributed by atoms with E-state index in [0.29, 0.717) is 6.42 Å². The lowest BCUT2D eigenvalue weighted by molar-refractivity contribution is -0.147. The zero-order valence-corrected chi connectivity index (χ0v) is 28.1. The second-order valence-corrected chi connectivity index (χ2v) is 13.5. The van der Waals surface area contributed by atoms with Gasteiger partial charge in [-0.05, 0) is 38.0 Å². The molecule has 47 heavy (non-hydrogen) atoms. The molecule has 0 radical (unpaired) electrons. The zero-order valence-electron chi connectivity index (χ0n) is 28.1. The Morgan fingerprint density at radius 2 is 1.13 bits per heavy atom. The normalized spacial score (nSPS) is 39.9. The lowest BCUT2D eigenvalue weighted by Gasteiger charge is -2.27. The van der Waals surface area contributed by atoms with Gasteiger partial charge in [0.05, 0.1) is 54.9 Å². The number of ether oxygens (including phenoxy) is 2. The first-order valence-corrected chi connectivity index (χ1v) is 16.8. The molecule has 13 atom stereocenters. The van der Waals surface area contributed by atoms with Crippen molar-refractivity contribution in [1.29, 1.82) is 0 Å². The molecule has 0 aromatic carbocycles. The highest BCUT2D eigenvalue weighted by atomic mass is 16.5. The summed E-state index contributed by atoms with van der Waals surface area (Å²) < 4.78 is 11.6. The molecule has 0 saturated carbocycles. The van der Waals surface area contributed by atoms with Crippen molar-refractivity contribution < 1.29 is 55.1 Å². The average molecular weight is 667 g/mol. The second-order valence-electron chi connectivity index (χ2n) is 13.5. The summed E-state index contributed by atoms with van der Waals surface area (Å²) in [6.07, 6.45) is 6.66. The van der Waals surface area contributed by atoms with Crippen molar-refractivity contribution in [2.45, 2.75) is 140 Å². The molecule has 2 heterocycles. The average Bonchev–Trinajstić information content (AvgIpc) is 3.34. The van der Waals surface area contributed by atoms with E-state index < -0.39 is 79.0 Å². The van der Waals surface area contributed by atoms with Gasteiger partial charge in [0.15, 0.2) is 0 Å². The fourth-order valence-corrected chi connectivity index (χ4v) is 6.07. The van der Waals surface area contributed by atoms with Gasteiger partial charge in [-0.1, -0.05) is 82.4 Å².